The summed E-state index contributed by atoms with van der Waals surface area (Å²) in [5.41, 5.74) is -0.787. The summed E-state index contributed by atoms with van der Waals surface area (Å²) in [6.07, 6.45) is -2.97. The molecule has 1 saturated heterocycles. The summed E-state index contributed by atoms with van der Waals surface area (Å²) in [7, 11) is 0. The van der Waals surface area contributed by atoms with Gasteiger partial charge in [0.2, 0.25) is 17.7 Å². The number of hydrogen-bond donors (Lipinski definition) is 0. The Hall–Kier alpha value is -2.16. The Bertz CT molecular complexity index is 657. The fraction of sp³-hybridized carbons (Fsp3) is 0.500. The van der Waals surface area contributed by atoms with E-state index in [1.807, 2.05) is 0 Å². The number of rotatable bonds is 4. The van der Waals surface area contributed by atoms with Crippen molar-refractivity contribution in [2.75, 3.05) is 13.1 Å². The van der Waals surface area contributed by atoms with Gasteiger partial charge in [0.25, 0.3) is 0 Å². The number of hydrogen-bond acceptors (Lipinski definition) is 6. The summed E-state index contributed by atoms with van der Waals surface area (Å²) in [4.78, 5) is 5.80. The molecule has 1 aliphatic rings. The Morgan fingerprint density at radius 1 is 1.35 bits per heavy atom. The molecule has 0 aliphatic carbocycles. The van der Waals surface area contributed by atoms with Crippen LogP contribution in [0.25, 0.3) is 0 Å². The third-order valence-corrected chi connectivity index (χ3v) is 3.51. The van der Waals surface area contributed by atoms with Gasteiger partial charge in [-0.15, -0.1) is 10.2 Å². The molecule has 0 radical (unpaired) electrons. The number of likely N-dealkylation sites (tertiary alicyclic amines) is 1. The summed E-state index contributed by atoms with van der Waals surface area (Å²) < 4.78 is 48.4. The van der Waals surface area contributed by atoms with E-state index in [1.54, 1.807) is 6.92 Å². The van der Waals surface area contributed by atoms with Crippen molar-refractivity contribution in [3.05, 3.63) is 35.7 Å². The molecule has 124 valence electrons. The molecule has 0 amide bonds. The van der Waals surface area contributed by atoms with Gasteiger partial charge in [0.05, 0.1) is 12.1 Å². The molecular weight excluding hydrogens is 313 g/mol. The maximum absolute atomic E-state index is 12.5. The molecule has 23 heavy (non-hydrogen) atoms. The second-order valence-corrected chi connectivity index (χ2v) is 5.36. The lowest BCUT2D eigenvalue weighted by Gasteiger charge is -2.15. The topological polar surface area (TPSA) is 64.3 Å². The van der Waals surface area contributed by atoms with Gasteiger partial charge in [-0.2, -0.15) is 13.2 Å². The predicted octanol–water partition coefficient (Wildman–Crippen LogP) is 2.45. The van der Waals surface area contributed by atoms with E-state index in [0.29, 0.717) is 24.9 Å². The van der Waals surface area contributed by atoms with Gasteiger partial charge >= 0.3 is 6.18 Å². The summed E-state index contributed by atoms with van der Waals surface area (Å²) in [6.45, 7) is 3.67. The molecule has 3 rings (SSSR count). The minimum Gasteiger partial charge on any atom is -0.473 e. The average Bonchev–Trinajstić information content (AvgIpc) is 3.08. The minimum absolute atomic E-state index is 0.122. The number of aromatic nitrogens is 3. The summed E-state index contributed by atoms with van der Waals surface area (Å²) in [6, 6.07) is 2.21. The maximum atomic E-state index is 12.5. The van der Waals surface area contributed by atoms with Crippen molar-refractivity contribution in [3.63, 3.8) is 0 Å². The summed E-state index contributed by atoms with van der Waals surface area (Å²) in [5.74, 6) is 1.25. The zero-order chi connectivity index (χ0) is 16.4. The standard InChI is InChI=1S/C14H15F3N4O2/c1-9-19-20-13(22-9)8-21-5-4-11(7-21)23-12-3-2-10(6-18-12)14(15,16)17/h2-3,6,11H,4-5,7-8H2,1H3. The molecule has 2 aromatic rings. The molecule has 0 N–H and O–H groups in total. The lowest BCUT2D eigenvalue weighted by Crippen LogP contribution is -2.25. The summed E-state index contributed by atoms with van der Waals surface area (Å²) >= 11 is 0. The molecule has 9 heteroatoms. The highest BCUT2D eigenvalue weighted by Gasteiger charge is 2.31. The van der Waals surface area contributed by atoms with Crippen LogP contribution in [-0.4, -0.2) is 39.3 Å². The van der Waals surface area contributed by atoms with Crippen LogP contribution in [0.4, 0.5) is 13.2 Å². The van der Waals surface area contributed by atoms with Crippen molar-refractivity contribution in [1.82, 2.24) is 20.1 Å². The Labute approximate surface area is 130 Å². The smallest absolute Gasteiger partial charge is 0.417 e. The second kappa shape index (κ2) is 6.15. The number of pyridine rings is 1. The van der Waals surface area contributed by atoms with Crippen molar-refractivity contribution >= 4 is 0 Å². The zero-order valence-electron chi connectivity index (χ0n) is 12.4. The first kappa shape index (κ1) is 15.7. The Morgan fingerprint density at radius 2 is 2.17 bits per heavy atom. The molecule has 3 heterocycles. The number of aryl methyl sites for hydroxylation is 1. The Kier molecular flexibility index (Phi) is 4.20. The van der Waals surface area contributed by atoms with Gasteiger partial charge in [0.1, 0.15) is 6.10 Å². The highest BCUT2D eigenvalue weighted by molar-refractivity contribution is 5.20. The molecule has 1 unspecified atom stereocenters. The van der Waals surface area contributed by atoms with Crippen LogP contribution < -0.4 is 4.74 Å². The number of halogens is 3. The first-order valence-electron chi connectivity index (χ1n) is 7.11. The highest BCUT2D eigenvalue weighted by atomic mass is 19.4. The fourth-order valence-corrected chi connectivity index (χ4v) is 2.42. The lowest BCUT2D eigenvalue weighted by atomic mass is 10.3. The van der Waals surface area contributed by atoms with E-state index in [2.05, 4.69) is 20.1 Å². The van der Waals surface area contributed by atoms with Crippen LogP contribution in [0.2, 0.25) is 0 Å². The van der Waals surface area contributed by atoms with Crippen LogP contribution in [0.5, 0.6) is 5.88 Å². The second-order valence-electron chi connectivity index (χ2n) is 5.36. The Morgan fingerprint density at radius 3 is 2.78 bits per heavy atom. The van der Waals surface area contributed by atoms with Crippen LogP contribution in [0.1, 0.15) is 23.8 Å². The van der Waals surface area contributed by atoms with Crippen LogP contribution in [0.3, 0.4) is 0 Å². The quantitative estimate of drug-likeness (QED) is 0.859. The molecule has 1 fully saturated rings. The maximum Gasteiger partial charge on any atom is 0.417 e. The van der Waals surface area contributed by atoms with Crippen molar-refractivity contribution in [1.29, 1.82) is 0 Å². The van der Waals surface area contributed by atoms with E-state index in [4.69, 9.17) is 9.15 Å². The average molecular weight is 328 g/mol. The van der Waals surface area contributed by atoms with Gasteiger partial charge in [-0.05, 0) is 12.5 Å². The van der Waals surface area contributed by atoms with Gasteiger partial charge in [-0.3, -0.25) is 4.90 Å². The van der Waals surface area contributed by atoms with E-state index in [9.17, 15) is 13.2 Å². The molecule has 0 aromatic carbocycles. The lowest BCUT2D eigenvalue weighted by molar-refractivity contribution is -0.137. The molecule has 6 nitrogen and oxygen atoms in total. The first-order chi connectivity index (χ1) is 10.9. The third kappa shape index (κ3) is 3.98. The number of nitrogens with zero attached hydrogens (tertiary/aromatic N) is 4. The highest BCUT2D eigenvalue weighted by Crippen LogP contribution is 2.29. The van der Waals surface area contributed by atoms with Gasteiger partial charge in [-0.1, -0.05) is 0 Å². The van der Waals surface area contributed by atoms with Crippen molar-refractivity contribution in [2.45, 2.75) is 32.2 Å². The largest absolute Gasteiger partial charge is 0.473 e. The molecule has 0 spiro atoms. The molecular formula is C14H15F3N4O2. The van der Waals surface area contributed by atoms with Crippen molar-refractivity contribution in [3.8, 4) is 5.88 Å². The van der Waals surface area contributed by atoms with Gasteiger partial charge in [-0.25, -0.2) is 4.98 Å². The van der Waals surface area contributed by atoms with Gasteiger partial charge in [0.15, 0.2) is 0 Å². The van der Waals surface area contributed by atoms with Gasteiger partial charge in [0, 0.05) is 32.3 Å². The van der Waals surface area contributed by atoms with E-state index in [0.717, 1.165) is 25.2 Å². The zero-order valence-corrected chi connectivity index (χ0v) is 12.4. The molecule has 0 saturated carbocycles. The number of alkyl halides is 3. The van der Waals surface area contributed by atoms with Gasteiger partial charge < -0.3 is 9.15 Å². The van der Waals surface area contributed by atoms with E-state index in [1.165, 1.54) is 6.07 Å². The third-order valence-electron chi connectivity index (χ3n) is 3.51. The first-order valence-corrected chi connectivity index (χ1v) is 7.11. The Balaban J connectivity index is 1.53. The fourth-order valence-electron chi connectivity index (χ4n) is 2.42. The van der Waals surface area contributed by atoms with Crippen LogP contribution >= 0.6 is 0 Å². The monoisotopic (exact) mass is 328 g/mol. The van der Waals surface area contributed by atoms with E-state index < -0.39 is 11.7 Å². The van der Waals surface area contributed by atoms with Crippen molar-refractivity contribution in [2.24, 2.45) is 0 Å². The molecule has 1 atom stereocenters. The SMILES string of the molecule is Cc1nnc(CN2CCC(Oc3ccc(C(F)(F)F)cn3)C2)o1. The minimum atomic E-state index is -4.39. The van der Waals surface area contributed by atoms with E-state index in [-0.39, 0.29) is 12.0 Å². The molecule has 0 bridgehead atoms. The predicted molar refractivity (Wildman–Crippen MR) is 72.6 cm³/mol. The molecule has 1 aliphatic heterocycles. The summed E-state index contributed by atoms with van der Waals surface area (Å²) in [5, 5.41) is 7.70. The molecule has 2 aromatic heterocycles. The van der Waals surface area contributed by atoms with Crippen LogP contribution in [-0.2, 0) is 12.7 Å². The van der Waals surface area contributed by atoms with E-state index >= 15 is 0 Å². The van der Waals surface area contributed by atoms with Crippen LogP contribution in [0.15, 0.2) is 22.7 Å². The normalized spacial score (nSPS) is 19.2. The van der Waals surface area contributed by atoms with Crippen LogP contribution in [0, 0.1) is 6.92 Å². The number of ether oxygens (including phenoxy) is 1. The van der Waals surface area contributed by atoms with Crippen molar-refractivity contribution < 1.29 is 22.3 Å².